The summed E-state index contributed by atoms with van der Waals surface area (Å²) in [7, 11) is 0. The first-order valence-electron chi connectivity index (χ1n) is 11.9. The van der Waals surface area contributed by atoms with Crippen LogP contribution in [0.4, 0.5) is 0 Å². The zero-order valence-corrected chi connectivity index (χ0v) is 19.5. The summed E-state index contributed by atoms with van der Waals surface area (Å²) in [6, 6.07) is 18.6. The van der Waals surface area contributed by atoms with E-state index in [1.807, 2.05) is 46.8 Å². The topological polar surface area (TPSA) is 67.4 Å². The van der Waals surface area contributed by atoms with Crippen LogP contribution in [0.1, 0.15) is 39.6 Å². The van der Waals surface area contributed by atoms with Crippen molar-refractivity contribution in [2.45, 2.75) is 26.3 Å². The first kappa shape index (κ1) is 21.9. The van der Waals surface area contributed by atoms with Crippen molar-refractivity contribution in [2.75, 3.05) is 32.7 Å². The molecule has 5 rings (SSSR count). The van der Waals surface area contributed by atoms with Crippen molar-refractivity contribution in [3.63, 3.8) is 0 Å². The van der Waals surface area contributed by atoms with Gasteiger partial charge in [0.15, 0.2) is 0 Å². The molecule has 2 aromatic carbocycles. The van der Waals surface area contributed by atoms with Crippen molar-refractivity contribution in [3.8, 4) is 5.69 Å². The second-order valence-corrected chi connectivity index (χ2v) is 9.69. The summed E-state index contributed by atoms with van der Waals surface area (Å²) in [4.78, 5) is 17.9. The van der Waals surface area contributed by atoms with E-state index in [1.54, 1.807) is 6.20 Å². The van der Waals surface area contributed by atoms with Crippen LogP contribution in [0.25, 0.3) is 5.69 Å². The van der Waals surface area contributed by atoms with Crippen LogP contribution >= 0.6 is 0 Å². The molecule has 0 saturated carbocycles. The number of nitrogens with two attached hydrogens (primary N) is 1. The Morgan fingerprint density at radius 3 is 2.33 bits per heavy atom. The van der Waals surface area contributed by atoms with E-state index in [1.165, 1.54) is 11.1 Å². The Morgan fingerprint density at radius 1 is 1.00 bits per heavy atom. The van der Waals surface area contributed by atoms with E-state index >= 15 is 0 Å². The van der Waals surface area contributed by atoms with Crippen molar-refractivity contribution in [1.82, 2.24) is 19.6 Å². The predicted octanol–water partition coefficient (Wildman–Crippen LogP) is 3.58. The van der Waals surface area contributed by atoms with Crippen molar-refractivity contribution >= 4 is 5.91 Å². The quantitative estimate of drug-likeness (QED) is 0.632. The minimum absolute atomic E-state index is 0.0813. The molecule has 2 N–H and O–H groups in total. The SMILES string of the molecule is Cc1ccc(-n2ncc(C(=O)N3CC4CN(CC[C@H](N)c5ccccc5)CC4C3)c2C)cc1. The van der Waals surface area contributed by atoms with Crippen molar-refractivity contribution in [1.29, 1.82) is 0 Å². The third kappa shape index (κ3) is 4.45. The number of hydrogen-bond acceptors (Lipinski definition) is 4. The Kier molecular flexibility index (Phi) is 6.04. The Labute approximate surface area is 196 Å². The fourth-order valence-corrected chi connectivity index (χ4v) is 5.36. The van der Waals surface area contributed by atoms with Gasteiger partial charge in [-0.2, -0.15) is 5.10 Å². The fraction of sp³-hybridized carbons (Fsp3) is 0.407. The molecular weight excluding hydrogens is 410 g/mol. The van der Waals surface area contributed by atoms with Gasteiger partial charge in [0.2, 0.25) is 0 Å². The monoisotopic (exact) mass is 443 g/mol. The van der Waals surface area contributed by atoms with E-state index in [4.69, 9.17) is 5.73 Å². The average Bonchev–Trinajstić information content (AvgIpc) is 3.51. The highest BCUT2D eigenvalue weighted by Gasteiger charge is 2.42. The standard InChI is InChI=1S/C27H33N5O/c1-19-8-10-24(11-9-19)32-20(2)25(14-29-32)27(33)31-17-22-15-30(16-23(22)18-31)13-12-26(28)21-6-4-3-5-7-21/h3-11,14,22-23,26H,12-13,15-18,28H2,1-2H3/t22?,23?,26-/m0/s1. The second kappa shape index (κ2) is 9.12. The van der Waals surface area contributed by atoms with Gasteiger partial charge in [0.25, 0.3) is 5.91 Å². The minimum Gasteiger partial charge on any atom is -0.338 e. The summed E-state index contributed by atoms with van der Waals surface area (Å²) >= 11 is 0. The van der Waals surface area contributed by atoms with Crippen LogP contribution in [0.5, 0.6) is 0 Å². The van der Waals surface area contributed by atoms with E-state index in [-0.39, 0.29) is 11.9 Å². The van der Waals surface area contributed by atoms with E-state index in [0.717, 1.165) is 50.5 Å². The number of nitrogens with zero attached hydrogens (tertiary/aromatic N) is 4. The van der Waals surface area contributed by atoms with Gasteiger partial charge < -0.3 is 15.5 Å². The van der Waals surface area contributed by atoms with Crippen LogP contribution in [-0.4, -0.2) is 58.2 Å². The lowest BCUT2D eigenvalue weighted by Gasteiger charge is -2.23. The molecule has 1 aromatic heterocycles. The van der Waals surface area contributed by atoms with Crippen LogP contribution in [0.15, 0.2) is 60.8 Å². The number of aryl methyl sites for hydroxylation is 1. The molecule has 33 heavy (non-hydrogen) atoms. The van der Waals surface area contributed by atoms with E-state index in [9.17, 15) is 4.79 Å². The molecule has 6 nitrogen and oxygen atoms in total. The molecule has 3 atom stereocenters. The molecule has 0 spiro atoms. The number of rotatable bonds is 6. The molecule has 2 fully saturated rings. The number of hydrogen-bond donors (Lipinski definition) is 1. The summed E-state index contributed by atoms with van der Waals surface area (Å²) in [5, 5.41) is 4.51. The zero-order chi connectivity index (χ0) is 22.9. The fourth-order valence-electron chi connectivity index (χ4n) is 5.36. The Morgan fingerprint density at radius 2 is 1.67 bits per heavy atom. The molecule has 2 saturated heterocycles. The number of likely N-dealkylation sites (tertiary alicyclic amines) is 2. The third-order valence-electron chi connectivity index (χ3n) is 7.35. The van der Waals surface area contributed by atoms with Crippen LogP contribution < -0.4 is 5.73 Å². The normalized spacial score (nSPS) is 21.4. The molecule has 2 aliphatic rings. The summed E-state index contributed by atoms with van der Waals surface area (Å²) in [5.41, 5.74) is 11.4. The van der Waals surface area contributed by atoms with Crippen LogP contribution in [0, 0.1) is 25.7 Å². The molecular formula is C27H33N5O. The van der Waals surface area contributed by atoms with Gasteiger partial charge in [0.05, 0.1) is 23.1 Å². The highest BCUT2D eigenvalue weighted by molar-refractivity contribution is 5.95. The zero-order valence-electron chi connectivity index (χ0n) is 19.5. The smallest absolute Gasteiger partial charge is 0.257 e. The minimum atomic E-state index is 0.0813. The molecule has 6 heteroatoms. The van der Waals surface area contributed by atoms with Gasteiger partial charge in [-0.15, -0.1) is 0 Å². The number of amides is 1. The molecule has 1 amide bonds. The lowest BCUT2D eigenvalue weighted by Crippen LogP contribution is -2.34. The maximum absolute atomic E-state index is 13.3. The van der Waals surface area contributed by atoms with Gasteiger partial charge in [0.1, 0.15) is 0 Å². The van der Waals surface area contributed by atoms with E-state index < -0.39 is 0 Å². The molecule has 172 valence electrons. The molecule has 0 aliphatic carbocycles. The Bertz CT molecular complexity index is 1090. The van der Waals surface area contributed by atoms with E-state index in [0.29, 0.717) is 17.4 Å². The summed E-state index contributed by atoms with van der Waals surface area (Å²) in [6.07, 6.45) is 2.69. The molecule has 2 aliphatic heterocycles. The number of aromatic nitrogens is 2. The molecule has 3 aromatic rings. The number of carbonyl (C=O) groups is 1. The number of fused-ring (bicyclic) bond motifs is 1. The summed E-state index contributed by atoms with van der Waals surface area (Å²) in [6.45, 7) is 8.83. The molecule has 3 heterocycles. The molecule has 0 radical (unpaired) electrons. The predicted molar refractivity (Wildman–Crippen MR) is 130 cm³/mol. The van der Waals surface area contributed by atoms with E-state index in [2.05, 4.69) is 41.2 Å². The average molecular weight is 444 g/mol. The molecule has 0 bridgehead atoms. The van der Waals surface area contributed by atoms with Crippen molar-refractivity contribution in [2.24, 2.45) is 17.6 Å². The third-order valence-corrected chi connectivity index (χ3v) is 7.35. The lowest BCUT2D eigenvalue weighted by molar-refractivity contribution is 0.0773. The first-order valence-corrected chi connectivity index (χ1v) is 11.9. The van der Waals surface area contributed by atoms with Crippen LogP contribution in [-0.2, 0) is 0 Å². The molecule has 2 unspecified atom stereocenters. The van der Waals surface area contributed by atoms with Gasteiger partial charge in [-0.3, -0.25) is 4.79 Å². The maximum Gasteiger partial charge on any atom is 0.257 e. The highest BCUT2D eigenvalue weighted by Crippen LogP contribution is 2.33. The maximum atomic E-state index is 13.3. The van der Waals surface area contributed by atoms with Gasteiger partial charge in [-0.1, -0.05) is 48.0 Å². The Hall–Kier alpha value is -2.96. The highest BCUT2D eigenvalue weighted by atomic mass is 16.2. The summed E-state index contributed by atoms with van der Waals surface area (Å²) in [5.74, 6) is 1.21. The van der Waals surface area contributed by atoms with Gasteiger partial charge in [-0.25, -0.2) is 4.68 Å². The Balaban J connectivity index is 1.17. The van der Waals surface area contributed by atoms with Gasteiger partial charge in [-0.05, 0) is 56.3 Å². The summed E-state index contributed by atoms with van der Waals surface area (Å²) < 4.78 is 1.86. The van der Waals surface area contributed by atoms with Crippen molar-refractivity contribution in [3.05, 3.63) is 83.2 Å². The largest absolute Gasteiger partial charge is 0.338 e. The number of benzene rings is 2. The number of carbonyl (C=O) groups excluding carboxylic acids is 1. The van der Waals surface area contributed by atoms with Crippen LogP contribution in [0.3, 0.4) is 0 Å². The van der Waals surface area contributed by atoms with Gasteiger partial charge >= 0.3 is 0 Å². The lowest BCUT2D eigenvalue weighted by atomic mass is 10.0. The first-order chi connectivity index (χ1) is 16.0. The van der Waals surface area contributed by atoms with Crippen LogP contribution in [0.2, 0.25) is 0 Å². The van der Waals surface area contributed by atoms with Crippen molar-refractivity contribution < 1.29 is 4.79 Å². The van der Waals surface area contributed by atoms with Gasteiger partial charge in [0, 0.05) is 32.2 Å². The second-order valence-electron chi connectivity index (χ2n) is 9.69.